The molecular formula is C19H11ClF3N5O. The van der Waals surface area contributed by atoms with Crippen LogP contribution in [0.3, 0.4) is 0 Å². The summed E-state index contributed by atoms with van der Waals surface area (Å²) >= 11 is 6.23. The number of nitrogens with zero attached hydrogens (tertiary/aromatic N) is 4. The summed E-state index contributed by atoms with van der Waals surface area (Å²) in [6, 6.07) is 12.1. The molecule has 0 aliphatic carbocycles. The Morgan fingerprint density at radius 1 is 1.07 bits per heavy atom. The molecule has 1 N–H and O–H groups in total. The van der Waals surface area contributed by atoms with Gasteiger partial charge in [0.1, 0.15) is 11.4 Å². The molecule has 146 valence electrons. The molecule has 4 rings (SSSR count). The second-order valence-electron chi connectivity index (χ2n) is 5.99. The minimum atomic E-state index is -4.61. The van der Waals surface area contributed by atoms with E-state index in [2.05, 4.69) is 20.4 Å². The third-order valence-electron chi connectivity index (χ3n) is 4.05. The largest absolute Gasteiger partial charge is 0.433 e. The number of aromatic nitrogens is 4. The summed E-state index contributed by atoms with van der Waals surface area (Å²) in [6.45, 7) is 0. The highest BCUT2D eigenvalue weighted by molar-refractivity contribution is 6.33. The van der Waals surface area contributed by atoms with E-state index in [1.165, 1.54) is 16.6 Å². The van der Waals surface area contributed by atoms with Gasteiger partial charge in [0.25, 0.3) is 5.91 Å². The van der Waals surface area contributed by atoms with Crippen LogP contribution in [0.25, 0.3) is 16.9 Å². The Labute approximate surface area is 167 Å². The second kappa shape index (κ2) is 7.17. The molecule has 0 atom stereocenters. The Kier molecular flexibility index (Phi) is 4.67. The molecule has 0 radical (unpaired) electrons. The quantitative estimate of drug-likeness (QED) is 0.523. The Hall–Kier alpha value is -3.46. The van der Waals surface area contributed by atoms with Crippen molar-refractivity contribution in [2.24, 2.45) is 0 Å². The number of anilines is 1. The van der Waals surface area contributed by atoms with E-state index in [0.29, 0.717) is 21.9 Å². The Bertz CT molecular complexity index is 1220. The van der Waals surface area contributed by atoms with Crippen molar-refractivity contribution in [2.45, 2.75) is 6.18 Å². The van der Waals surface area contributed by atoms with Crippen LogP contribution in [0.2, 0.25) is 5.02 Å². The van der Waals surface area contributed by atoms with Crippen LogP contribution in [-0.4, -0.2) is 25.5 Å². The van der Waals surface area contributed by atoms with E-state index in [4.69, 9.17) is 11.6 Å². The molecular weight excluding hydrogens is 407 g/mol. The maximum Gasteiger partial charge on any atom is 0.433 e. The zero-order valence-electron chi connectivity index (χ0n) is 14.5. The molecule has 4 aromatic rings. The van der Waals surface area contributed by atoms with Crippen LogP contribution in [0, 0.1) is 0 Å². The second-order valence-corrected chi connectivity index (χ2v) is 6.40. The summed E-state index contributed by atoms with van der Waals surface area (Å²) in [5.74, 6) is -0.676. The fraction of sp³-hybridized carbons (Fsp3) is 0.0526. The van der Waals surface area contributed by atoms with Gasteiger partial charge in [-0.25, -0.2) is 9.50 Å². The molecule has 0 saturated heterocycles. The molecule has 0 saturated carbocycles. The van der Waals surface area contributed by atoms with Crippen molar-refractivity contribution >= 4 is 28.8 Å². The number of imidazole rings is 1. The molecule has 3 heterocycles. The first-order valence-electron chi connectivity index (χ1n) is 8.27. The van der Waals surface area contributed by atoms with Gasteiger partial charge in [0.05, 0.1) is 16.9 Å². The fourth-order valence-corrected chi connectivity index (χ4v) is 2.94. The van der Waals surface area contributed by atoms with Crippen molar-refractivity contribution in [1.29, 1.82) is 0 Å². The van der Waals surface area contributed by atoms with E-state index < -0.39 is 17.8 Å². The first kappa shape index (κ1) is 18.9. The number of alkyl halides is 3. The summed E-state index contributed by atoms with van der Waals surface area (Å²) in [5.41, 5.74) is 0.582. The van der Waals surface area contributed by atoms with E-state index >= 15 is 0 Å². The summed E-state index contributed by atoms with van der Waals surface area (Å²) in [6.07, 6.45) is -2.07. The number of carbonyl (C=O) groups is 1. The summed E-state index contributed by atoms with van der Waals surface area (Å²) in [5, 5.41) is 7.15. The summed E-state index contributed by atoms with van der Waals surface area (Å²) in [4.78, 5) is 20.0. The maximum atomic E-state index is 12.8. The Morgan fingerprint density at radius 2 is 1.86 bits per heavy atom. The zero-order chi connectivity index (χ0) is 20.6. The summed E-state index contributed by atoms with van der Waals surface area (Å²) in [7, 11) is 0. The number of halogens is 4. The lowest BCUT2D eigenvalue weighted by molar-refractivity contribution is -0.141. The first-order chi connectivity index (χ1) is 13.8. The first-order valence-corrected chi connectivity index (χ1v) is 8.65. The maximum absolute atomic E-state index is 12.8. The molecule has 0 unspecified atom stereocenters. The number of amides is 1. The lowest BCUT2D eigenvalue weighted by Crippen LogP contribution is -2.16. The highest BCUT2D eigenvalue weighted by Gasteiger charge is 2.32. The minimum Gasteiger partial charge on any atom is -0.320 e. The fourth-order valence-electron chi connectivity index (χ4n) is 2.71. The van der Waals surface area contributed by atoms with Gasteiger partial charge in [0, 0.05) is 17.4 Å². The normalized spacial score (nSPS) is 11.6. The minimum absolute atomic E-state index is 0.00539. The van der Waals surface area contributed by atoms with E-state index in [1.54, 1.807) is 36.5 Å². The Balaban J connectivity index is 1.67. The molecule has 0 spiro atoms. The van der Waals surface area contributed by atoms with Crippen LogP contribution in [0.15, 0.2) is 60.9 Å². The van der Waals surface area contributed by atoms with Crippen LogP contribution in [0.4, 0.5) is 18.9 Å². The highest BCUT2D eigenvalue weighted by Crippen LogP contribution is 2.29. The summed E-state index contributed by atoms with van der Waals surface area (Å²) < 4.78 is 39.8. The van der Waals surface area contributed by atoms with Crippen molar-refractivity contribution in [3.05, 3.63) is 77.3 Å². The predicted octanol–water partition coefficient (Wildman–Crippen LogP) is 4.72. The molecule has 0 aliphatic heterocycles. The van der Waals surface area contributed by atoms with Crippen molar-refractivity contribution in [3.8, 4) is 11.3 Å². The van der Waals surface area contributed by atoms with Gasteiger partial charge in [-0.15, -0.1) is 0 Å². The van der Waals surface area contributed by atoms with Crippen molar-refractivity contribution in [3.63, 3.8) is 0 Å². The average Bonchev–Trinajstić information content (AvgIpc) is 3.11. The van der Waals surface area contributed by atoms with Crippen LogP contribution < -0.4 is 5.32 Å². The molecule has 0 bridgehead atoms. The Morgan fingerprint density at radius 3 is 2.62 bits per heavy atom. The molecule has 3 aromatic heterocycles. The number of hydrogen-bond acceptors (Lipinski definition) is 4. The van der Waals surface area contributed by atoms with Crippen LogP contribution in [0.5, 0.6) is 0 Å². The third kappa shape index (κ3) is 3.77. The number of benzene rings is 1. The smallest absolute Gasteiger partial charge is 0.320 e. The predicted molar refractivity (Wildman–Crippen MR) is 101 cm³/mol. The lowest BCUT2D eigenvalue weighted by atomic mass is 10.2. The number of fused-ring (bicyclic) bond motifs is 1. The SMILES string of the molecule is O=C(Nc1ccnc(C(F)(F)F)c1)c1ccc2ncc(-c3ccccc3Cl)n2n1. The van der Waals surface area contributed by atoms with Gasteiger partial charge < -0.3 is 5.32 Å². The number of rotatable bonds is 3. The number of carbonyl (C=O) groups excluding carboxylic acids is 1. The van der Waals surface area contributed by atoms with E-state index in [0.717, 1.165) is 12.3 Å². The van der Waals surface area contributed by atoms with Gasteiger partial charge in [-0.1, -0.05) is 29.8 Å². The molecule has 1 aromatic carbocycles. The van der Waals surface area contributed by atoms with E-state index in [9.17, 15) is 18.0 Å². The molecule has 6 nitrogen and oxygen atoms in total. The number of hydrogen-bond donors (Lipinski definition) is 1. The average molecular weight is 418 g/mol. The monoisotopic (exact) mass is 417 g/mol. The van der Waals surface area contributed by atoms with Gasteiger partial charge in [0.2, 0.25) is 0 Å². The molecule has 0 fully saturated rings. The zero-order valence-corrected chi connectivity index (χ0v) is 15.2. The third-order valence-corrected chi connectivity index (χ3v) is 4.38. The van der Waals surface area contributed by atoms with Gasteiger partial charge in [0.15, 0.2) is 5.65 Å². The van der Waals surface area contributed by atoms with Gasteiger partial charge in [-0.3, -0.25) is 9.78 Å². The molecule has 10 heteroatoms. The molecule has 29 heavy (non-hydrogen) atoms. The van der Waals surface area contributed by atoms with E-state index in [1.807, 2.05) is 0 Å². The van der Waals surface area contributed by atoms with Crippen molar-refractivity contribution in [1.82, 2.24) is 19.6 Å². The van der Waals surface area contributed by atoms with E-state index in [-0.39, 0.29) is 11.4 Å². The van der Waals surface area contributed by atoms with Gasteiger partial charge >= 0.3 is 6.18 Å². The van der Waals surface area contributed by atoms with Crippen LogP contribution in [0.1, 0.15) is 16.2 Å². The number of pyridine rings is 1. The van der Waals surface area contributed by atoms with Crippen LogP contribution >= 0.6 is 11.6 Å². The molecule has 0 aliphatic rings. The van der Waals surface area contributed by atoms with Crippen LogP contribution in [-0.2, 0) is 6.18 Å². The molecule has 1 amide bonds. The highest BCUT2D eigenvalue weighted by atomic mass is 35.5. The van der Waals surface area contributed by atoms with Gasteiger partial charge in [-0.05, 0) is 30.3 Å². The van der Waals surface area contributed by atoms with Crippen molar-refractivity contribution < 1.29 is 18.0 Å². The number of nitrogens with one attached hydrogen (secondary N) is 1. The lowest BCUT2D eigenvalue weighted by Gasteiger charge is -2.09. The topological polar surface area (TPSA) is 72.2 Å². The van der Waals surface area contributed by atoms with Gasteiger partial charge in [-0.2, -0.15) is 18.3 Å². The standard InChI is InChI=1S/C19H11ClF3N5O/c20-13-4-2-1-3-12(13)15-10-25-17-6-5-14(27-28(15)17)18(29)26-11-7-8-24-16(9-11)19(21,22)23/h1-10H,(H,24,26,29). The van der Waals surface area contributed by atoms with Crippen molar-refractivity contribution in [2.75, 3.05) is 5.32 Å².